The Morgan fingerprint density at radius 1 is 0.333 bits per heavy atom. The third kappa shape index (κ3) is 14.4. The summed E-state index contributed by atoms with van der Waals surface area (Å²) >= 11 is 0. The fourth-order valence-corrected chi connectivity index (χ4v) is 6.88. The topological polar surface area (TPSA) is 59.9 Å². The molecule has 2 aromatic heterocycles. The fourth-order valence-electron chi connectivity index (χ4n) is 6.88. The van der Waals surface area contributed by atoms with E-state index in [0.29, 0.717) is 0 Å². The molecule has 0 radical (unpaired) electrons. The van der Waals surface area contributed by atoms with Gasteiger partial charge in [0, 0.05) is 33.0 Å². The zero-order valence-electron chi connectivity index (χ0n) is 42.2. The number of nitrogens with zero attached hydrogens (tertiary/aromatic N) is 2. The molecule has 0 bridgehead atoms. The van der Waals surface area contributed by atoms with E-state index in [1.807, 2.05) is 217 Å². The third-order valence-corrected chi connectivity index (χ3v) is 9.05. The van der Waals surface area contributed by atoms with Gasteiger partial charge in [0.2, 0.25) is 0 Å². The minimum Gasteiger partial charge on any atom is -0.358 e. The Bertz CT molecular complexity index is 2590. The number of rotatable bonds is 2. The molecule has 0 atom stereocenters. The van der Waals surface area contributed by atoms with E-state index in [4.69, 9.17) is 9.97 Å². The minimum atomic E-state index is 0. The molecule has 2 heterocycles. The van der Waals surface area contributed by atoms with Crippen molar-refractivity contribution in [3.8, 4) is 44.8 Å². The van der Waals surface area contributed by atoms with Crippen molar-refractivity contribution in [2.24, 2.45) is 0 Å². The van der Waals surface area contributed by atoms with Crippen LogP contribution in [-0.2, 0) is 40.2 Å². The first-order chi connectivity index (χ1) is 29.7. The van der Waals surface area contributed by atoms with Gasteiger partial charge in [0.1, 0.15) is 0 Å². The van der Waals surface area contributed by atoms with Gasteiger partial charge in [0.15, 0.2) is 11.6 Å². The molecule has 8 aromatic rings. The van der Waals surface area contributed by atoms with Gasteiger partial charge >= 0.3 is 40.2 Å². The molecule has 0 spiro atoms. The number of fused-ring (bicyclic) bond motifs is 4. The molecule has 0 N–H and O–H groups in total. The van der Waals surface area contributed by atoms with Crippen LogP contribution in [0, 0.1) is 41.8 Å². The van der Waals surface area contributed by atoms with Gasteiger partial charge in [-0.1, -0.05) is 168 Å². The Morgan fingerprint density at radius 2 is 0.652 bits per heavy atom. The number of pyridine rings is 2. The number of carbonyl (C=O) groups excluding carboxylic acids is 2. The Kier molecular flexibility index (Phi) is 35.8. The molecule has 0 fully saturated rings. The van der Waals surface area contributed by atoms with Crippen molar-refractivity contribution in [1.29, 1.82) is 0 Å². The molecule has 10 rings (SSSR count). The summed E-state index contributed by atoms with van der Waals surface area (Å²) in [6.07, 6.45) is 0. The van der Waals surface area contributed by atoms with Crippen LogP contribution in [0.25, 0.3) is 66.6 Å². The fraction of sp³-hybridized carbons (Fsp3) is 0.200. The molecular formula is C60H72Ir2N2O2. The third-order valence-electron chi connectivity index (χ3n) is 9.05. The number of carbonyl (C=O) groups is 2. The Hall–Kier alpha value is -5.22. The average Bonchev–Trinajstić information content (AvgIpc) is 3.36. The van der Waals surface area contributed by atoms with Crippen molar-refractivity contribution in [2.75, 3.05) is 0 Å². The van der Waals surface area contributed by atoms with Crippen LogP contribution in [0.4, 0.5) is 0 Å². The molecule has 0 saturated heterocycles. The van der Waals surface area contributed by atoms with Crippen LogP contribution in [0.3, 0.4) is 0 Å². The first kappa shape index (κ1) is 67.4. The molecule has 6 aromatic carbocycles. The van der Waals surface area contributed by atoms with Gasteiger partial charge in [-0.15, -0.1) is 71.8 Å². The van der Waals surface area contributed by atoms with Gasteiger partial charge < -0.3 is 29.7 Å². The van der Waals surface area contributed by atoms with E-state index >= 15 is 0 Å². The smallest absolute Gasteiger partial charge is 0.358 e. The summed E-state index contributed by atoms with van der Waals surface area (Å²) in [6, 6.07) is 53.3. The second kappa shape index (κ2) is 35.0. The molecule has 0 aliphatic heterocycles. The maximum atomic E-state index is 13.0. The quantitative estimate of drug-likeness (QED) is 0.162. The van der Waals surface area contributed by atoms with E-state index in [1.165, 1.54) is 0 Å². The van der Waals surface area contributed by atoms with Crippen molar-refractivity contribution in [1.82, 2.24) is 9.97 Å². The van der Waals surface area contributed by atoms with Crippen molar-refractivity contribution in [2.45, 2.75) is 83.1 Å². The monoisotopic (exact) mass is 1240 g/mol. The number of hydrogen-bond acceptors (Lipinski definition) is 4. The molecule has 6 heteroatoms. The van der Waals surface area contributed by atoms with Gasteiger partial charge in [-0.25, -0.2) is 0 Å². The Balaban J connectivity index is -0.000000442. The van der Waals surface area contributed by atoms with Gasteiger partial charge in [0.05, 0.1) is 11.0 Å². The van der Waals surface area contributed by atoms with E-state index in [1.54, 1.807) is 0 Å². The summed E-state index contributed by atoms with van der Waals surface area (Å²) in [5.74, 6) is 0.137. The van der Waals surface area contributed by atoms with Crippen molar-refractivity contribution in [3.63, 3.8) is 0 Å². The summed E-state index contributed by atoms with van der Waals surface area (Å²) in [4.78, 5) is 35.4. The molecule has 0 saturated carbocycles. The van der Waals surface area contributed by atoms with Crippen LogP contribution in [0.15, 0.2) is 146 Å². The first-order valence-electron chi connectivity index (χ1n) is 21.8. The zero-order chi connectivity index (χ0) is 44.2. The number of ketones is 2. The largest absolute Gasteiger partial charge is 3.00 e. The van der Waals surface area contributed by atoms with Crippen LogP contribution in [-0.4, -0.2) is 21.5 Å². The summed E-state index contributed by atoms with van der Waals surface area (Å²) in [6.45, 7) is 24.0. The van der Waals surface area contributed by atoms with Gasteiger partial charge in [-0.05, 0) is 45.8 Å². The number of hydrogen-bond donors (Lipinski definition) is 0. The normalized spacial score (nSPS) is 9.45. The van der Waals surface area contributed by atoms with E-state index in [2.05, 4.69) is 24.3 Å². The SMILES string of the molecule is CC.CC.CC.CC.CC.CC.O=C1c2ccccc2-c2cc(-c3[c-]cccc3)nc3cccc1c23.O=C1c2ccccc2-c2cccc3nc(-c4[c-]cccc4)cc1c23.[CH3-].[CH3-].[CH3-].[CH3-].[Ir+3].[Ir+3]. The van der Waals surface area contributed by atoms with Gasteiger partial charge in [-0.2, -0.15) is 0 Å². The Labute approximate surface area is 427 Å². The molecule has 0 unspecified atom stereocenters. The summed E-state index contributed by atoms with van der Waals surface area (Å²) < 4.78 is 0. The maximum Gasteiger partial charge on any atom is 3.00 e. The molecule has 352 valence electrons. The van der Waals surface area contributed by atoms with Gasteiger partial charge in [0.25, 0.3) is 0 Å². The van der Waals surface area contributed by atoms with Crippen LogP contribution in [0.1, 0.15) is 115 Å². The molecule has 66 heavy (non-hydrogen) atoms. The van der Waals surface area contributed by atoms with Crippen molar-refractivity contribution in [3.05, 3.63) is 210 Å². The van der Waals surface area contributed by atoms with E-state index < -0.39 is 0 Å². The van der Waals surface area contributed by atoms with E-state index in [-0.39, 0.29) is 81.5 Å². The molecule has 0 amide bonds. The predicted octanol–water partition coefficient (Wildman–Crippen LogP) is 17.8. The van der Waals surface area contributed by atoms with Crippen molar-refractivity contribution >= 4 is 33.4 Å². The predicted molar refractivity (Wildman–Crippen MR) is 284 cm³/mol. The summed E-state index contributed by atoms with van der Waals surface area (Å²) in [7, 11) is 0. The maximum absolute atomic E-state index is 13.0. The van der Waals surface area contributed by atoms with Gasteiger partial charge in [-0.3, -0.25) is 19.6 Å². The molecular weight excluding hydrogens is 1170 g/mol. The van der Waals surface area contributed by atoms with E-state index in [0.717, 1.165) is 88.8 Å². The van der Waals surface area contributed by atoms with E-state index in [9.17, 15) is 9.59 Å². The van der Waals surface area contributed by atoms with Crippen LogP contribution in [0.2, 0.25) is 0 Å². The minimum absolute atomic E-state index is 0. The summed E-state index contributed by atoms with van der Waals surface area (Å²) in [5.41, 5.74) is 12.3. The molecule has 2 aliphatic rings. The summed E-state index contributed by atoms with van der Waals surface area (Å²) in [5, 5.41) is 1.89. The van der Waals surface area contributed by atoms with Crippen LogP contribution < -0.4 is 0 Å². The number of benzene rings is 6. The molecule has 4 nitrogen and oxygen atoms in total. The molecule has 2 aliphatic carbocycles. The first-order valence-corrected chi connectivity index (χ1v) is 21.8. The second-order valence-electron chi connectivity index (χ2n) is 11.8. The Morgan fingerprint density at radius 3 is 1.06 bits per heavy atom. The zero-order valence-corrected chi connectivity index (χ0v) is 47.0. The second-order valence-corrected chi connectivity index (χ2v) is 11.8. The standard InChI is InChI=1S/2C22H12NO.6C2H6.4CH3.2Ir/c24-22-17-10-5-4-9-15(17)16-11-6-12-19-21(16)18(22)13-20(23-19)14-7-2-1-3-8-14;24-22-16-10-5-4-9-15(16)18-13-20(14-7-2-1-3-8-14)23-19-12-6-11-17(22)21(18)19;6*1-2;;;;;;/h2*1-7,9-13H;6*1-2H3;4*1H3;;/q2*-1;;;;;;;4*-1;2*+3. The van der Waals surface area contributed by atoms with Crippen LogP contribution >= 0.6 is 0 Å². The van der Waals surface area contributed by atoms with Crippen molar-refractivity contribution < 1.29 is 49.8 Å². The van der Waals surface area contributed by atoms with Crippen LogP contribution in [0.5, 0.6) is 0 Å². The average molecular weight is 1240 g/mol. The number of aromatic nitrogens is 2.